The van der Waals surface area contributed by atoms with Crippen molar-refractivity contribution in [2.75, 3.05) is 32.8 Å². The molecule has 4 heteroatoms. The average molecular weight is 228 g/mol. The van der Waals surface area contributed by atoms with Crippen molar-refractivity contribution in [2.24, 2.45) is 11.7 Å². The fourth-order valence-corrected chi connectivity index (χ4v) is 2.85. The van der Waals surface area contributed by atoms with Gasteiger partial charge in [-0.3, -0.25) is 4.90 Å². The molecule has 94 valence electrons. The van der Waals surface area contributed by atoms with Crippen LogP contribution in [0.5, 0.6) is 0 Å². The minimum Gasteiger partial charge on any atom is -0.394 e. The summed E-state index contributed by atoms with van der Waals surface area (Å²) in [5, 5.41) is 9.09. The summed E-state index contributed by atoms with van der Waals surface area (Å²) >= 11 is 0. The van der Waals surface area contributed by atoms with Gasteiger partial charge in [0.1, 0.15) is 0 Å². The first-order valence-electron chi connectivity index (χ1n) is 6.50. The van der Waals surface area contributed by atoms with E-state index in [1.165, 1.54) is 25.7 Å². The molecule has 1 aliphatic carbocycles. The molecule has 0 bridgehead atoms. The standard InChI is InChI=1S/C12H24N2O2/c13-12-4-2-1-3-10(12)7-14-5-6-16-11(8-14)9-15/h10-12,15H,1-9,13H2. The lowest BCUT2D eigenvalue weighted by molar-refractivity contribution is -0.0578. The summed E-state index contributed by atoms with van der Waals surface area (Å²) < 4.78 is 5.45. The zero-order valence-electron chi connectivity index (χ0n) is 9.98. The van der Waals surface area contributed by atoms with Crippen molar-refractivity contribution in [3.8, 4) is 0 Å². The molecular formula is C12H24N2O2. The van der Waals surface area contributed by atoms with Crippen molar-refractivity contribution in [3.63, 3.8) is 0 Å². The van der Waals surface area contributed by atoms with Gasteiger partial charge in [0.15, 0.2) is 0 Å². The Labute approximate surface area is 97.7 Å². The Kier molecular flexibility index (Phi) is 4.58. The van der Waals surface area contributed by atoms with Crippen LogP contribution in [0.2, 0.25) is 0 Å². The summed E-state index contributed by atoms with van der Waals surface area (Å²) in [6.07, 6.45) is 5.07. The van der Waals surface area contributed by atoms with Gasteiger partial charge in [-0.1, -0.05) is 12.8 Å². The van der Waals surface area contributed by atoms with Gasteiger partial charge in [-0.25, -0.2) is 0 Å². The highest BCUT2D eigenvalue weighted by Gasteiger charge is 2.26. The van der Waals surface area contributed by atoms with Gasteiger partial charge in [-0.2, -0.15) is 0 Å². The van der Waals surface area contributed by atoms with Crippen molar-refractivity contribution >= 4 is 0 Å². The van der Waals surface area contributed by atoms with Crippen LogP contribution in [0.4, 0.5) is 0 Å². The van der Waals surface area contributed by atoms with E-state index >= 15 is 0 Å². The molecule has 1 saturated carbocycles. The van der Waals surface area contributed by atoms with Gasteiger partial charge in [0.05, 0.1) is 19.3 Å². The largest absolute Gasteiger partial charge is 0.394 e. The van der Waals surface area contributed by atoms with Crippen LogP contribution in [0.15, 0.2) is 0 Å². The van der Waals surface area contributed by atoms with Gasteiger partial charge in [0, 0.05) is 25.7 Å². The molecule has 3 unspecified atom stereocenters. The smallest absolute Gasteiger partial charge is 0.0932 e. The fourth-order valence-electron chi connectivity index (χ4n) is 2.85. The van der Waals surface area contributed by atoms with Crippen molar-refractivity contribution in [2.45, 2.75) is 37.8 Å². The number of ether oxygens (including phenoxy) is 1. The molecule has 2 aliphatic rings. The van der Waals surface area contributed by atoms with E-state index in [2.05, 4.69) is 4.90 Å². The van der Waals surface area contributed by atoms with Gasteiger partial charge in [0.2, 0.25) is 0 Å². The SMILES string of the molecule is NC1CCCCC1CN1CCOC(CO)C1. The Morgan fingerprint density at radius 3 is 2.88 bits per heavy atom. The van der Waals surface area contributed by atoms with Gasteiger partial charge in [-0.05, 0) is 18.8 Å². The quantitative estimate of drug-likeness (QED) is 0.724. The molecule has 0 radical (unpaired) electrons. The molecule has 0 spiro atoms. The molecule has 1 heterocycles. The molecule has 1 saturated heterocycles. The molecule has 0 aromatic carbocycles. The number of nitrogens with two attached hydrogens (primary N) is 1. The van der Waals surface area contributed by atoms with Crippen LogP contribution in [0, 0.1) is 5.92 Å². The van der Waals surface area contributed by atoms with E-state index in [1.54, 1.807) is 0 Å². The lowest BCUT2D eigenvalue weighted by atomic mass is 9.84. The summed E-state index contributed by atoms with van der Waals surface area (Å²) in [6.45, 7) is 3.81. The van der Waals surface area contributed by atoms with Gasteiger partial charge >= 0.3 is 0 Å². The molecule has 4 nitrogen and oxygen atoms in total. The minimum absolute atomic E-state index is 0.00793. The molecule has 0 aromatic rings. The maximum absolute atomic E-state index is 9.09. The van der Waals surface area contributed by atoms with Crippen molar-refractivity contribution < 1.29 is 9.84 Å². The number of hydrogen-bond acceptors (Lipinski definition) is 4. The summed E-state index contributed by atoms with van der Waals surface area (Å²) in [4.78, 5) is 2.40. The third kappa shape index (κ3) is 3.17. The van der Waals surface area contributed by atoms with Gasteiger partial charge in [-0.15, -0.1) is 0 Å². The Morgan fingerprint density at radius 1 is 1.31 bits per heavy atom. The highest BCUT2D eigenvalue weighted by molar-refractivity contribution is 4.82. The number of nitrogens with zero attached hydrogens (tertiary/aromatic N) is 1. The molecule has 0 amide bonds. The second-order valence-corrected chi connectivity index (χ2v) is 5.14. The maximum atomic E-state index is 9.09. The molecular weight excluding hydrogens is 204 g/mol. The molecule has 3 atom stereocenters. The van der Waals surface area contributed by atoms with E-state index in [9.17, 15) is 0 Å². The summed E-state index contributed by atoms with van der Waals surface area (Å²) in [5.41, 5.74) is 6.16. The van der Waals surface area contributed by atoms with Gasteiger partial charge in [0.25, 0.3) is 0 Å². The zero-order valence-corrected chi connectivity index (χ0v) is 9.98. The fraction of sp³-hybridized carbons (Fsp3) is 1.00. The second-order valence-electron chi connectivity index (χ2n) is 5.14. The highest BCUT2D eigenvalue weighted by Crippen LogP contribution is 2.24. The van der Waals surface area contributed by atoms with Crippen molar-refractivity contribution in [1.82, 2.24) is 4.90 Å². The van der Waals surface area contributed by atoms with Crippen LogP contribution >= 0.6 is 0 Å². The maximum Gasteiger partial charge on any atom is 0.0932 e. The van der Waals surface area contributed by atoms with Crippen LogP contribution in [0.1, 0.15) is 25.7 Å². The van der Waals surface area contributed by atoms with E-state index in [0.717, 1.165) is 26.2 Å². The molecule has 3 N–H and O–H groups in total. The van der Waals surface area contributed by atoms with Crippen molar-refractivity contribution in [3.05, 3.63) is 0 Å². The molecule has 2 fully saturated rings. The first-order valence-corrected chi connectivity index (χ1v) is 6.50. The zero-order chi connectivity index (χ0) is 11.4. The Hall–Kier alpha value is -0.160. The Balaban J connectivity index is 1.79. The van der Waals surface area contributed by atoms with E-state index in [1.807, 2.05) is 0 Å². The lowest BCUT2D eigenvalue weighted by Crippen LogP contribution is -2.48. The number of morpholine rings is 1. The number of aliphatic hydroxyl groups excluding tert-OH is 1. The summed E-state index contributed by atoms with van der Waals surface area (Å²) in [7, 11) is 0. The number of aliphatic hydroxyl groups is 1. The van der Waals surface area contributed by atoms with E-state index in [0.29, 0.717) is 12.0 Å². The van der Waals surface area contributed by atoms with Crippen LogP contribution in [0.25, 0.3) is 0 Å². The molecule has 0 aromatic heterocycles. The molecule has 1 aliphatic heterocycles. The van der Waals surface area contributed by atoms with E-state index in [4.69, 9.17) is 15.6 Å². The monoisotopic (exact) mass is 228 g/mol. The summed E-state index contributed by atoms with van der Waals surface area (Å²) in [6, 6.07) is 0.379. The highest BCUT2D eigenvalue weighted by atomic mass is 16.5. The van der Waals surface area contributed by atoms with Gasteiger partial charge < -0.3 is 15.6 Å². The van der Waals surface area contributed by atoms with Crippen LogP contribution in [-0.4, -0.2) is 55.0 Å². The third-order valence-corrected chi connectivity index (χ3v) is 3.89. The second kappa shape index (κ2) is 5.96. The predicted octanol–water partition coefficient (Wildman–Crippen LogP) is 0.197. The van der Waals surface area contributed by atoms with Crippen LogP contribution in [-0.2, 0) is 4.74 Å². The third-order valence-electron chi connectivity index (χ3n) is 3.89. The summed E-state index contributed by atoms with van der Waals surface area (Å²) in [5.74, 6) is 0.645. The minimum atomic E-state index is 0.00793. The Bertz CT molecular complexity index is 213. The molecule has 2 rings (SSSR count). The van der Waals surface area contributed by atoms with Crippen LogP contribution in [0.3, 0.4) is 0 Å². The topological polar surface area (TPSA) is 58.7 Å². The normalized spacial score (nSPS) is 37.5. The first kappa shape index (κ1) is 12.3. The van der Waals surface area contributed by atoms with Crippen molar-refractivity contribution in [1.29, 1.82) is 0 Å². The number of rotatable bonds is 3. The molecule has 16 heavy (non-hydrogen) atoms. The first-order chi connectivity index (χ1) is 7.79. The van der Waals surface area contributed by atoms with E-state index < -0.39 is 0 Å². The Morgan fingerprint density at radius 2 is 2.12 bits per heavy atom. The number of hydrogen-bond donors (Lipinski definition) is 2. The van der Waals surface area contributed by atoms with E-state index in [-0.39, 0.29) is 12.7 Å². The van der Waals surface area contributed by atoms with Crippen LogP contribution < -0.4 is 5.73 Å². The lowest BCUT2D eigenvalue weighted by Gasteiger charge is -2.37. The predicted molar refractivity (Wildman–Crippen MR) is 63.2 cm³/mol. The average Bonchev–Trinajstić information content (AvgIpc) is 2.32.